The SMILES string of the molecule is Cc1ncc(-c2ccc(S(=O)(=O)C(C)C)cc2)nc1-c1nnc(N2CCCC(CN)C2)o1.[HH].[HH]. The van der Waals surface area contributed by atoms with Crippen molar-refractivity contribution < 1.29 is 15.7 Å². The number of rotatable bonds is 6. The van der Waals surface area contributed by atoms with Crippen molar-refractivity contribution in [3.63, 3.8) is 0 Å². The highest BCUT2D eigenvalue weighted by Crippen LogP contribution is 2.28. The van der Waals surface area contributed by atoms with Crippen LogP contribution in [-0.4, -0.2) is 53.5 Å². The Morgan fingerprint density at radius 2 is 2.00 bits per heavy atom. The van der Waals surface area contributed by atoms with E-state index in [2.05, 4.69) is 25.1 Å². The third kappa shape index (κ3) is 4.37. The van der Waals surface area contributed by atoms with Gasteiger partial charge in [0, 0.05) is 21.5 Å². The van der Waals surface area contributed by atoms with Crippen LogP contribution in [0.1, 0.15) is 35.2 Å². The van der Waals surface area contributed by atoms with Gasteiger partial charge >= 0.3 is 6.01 Å². The topological polar surface area (TPSA) is 128 Å². The van der Waals surface area contributed by atoms with Crippen LogP contribution >= 0.6 is 0 Å². The molecule has 9 nitrogen and oxygen atoms in total. The second-order valence-corrected chi connectivity index (χ2v) is 10.9. The average Bonchev–Trinajstić information content (AvgIpc) is 3.29. The summed E-state index contributed by atoms with van der Waals surface area (Å²) in [5.41, 5.74) is 8.36. The van der Waals surface area contributed by atoms with Crippen LogP contribution in [0.3, 0.4) is 0 Å². The van der Waals surface area contributed by atoms with Crippen molar-refractivity contribution in [3.8, 4) is 22.8 Å². The van der Waals surface area contributed by atoms with E-state index in [0.717, 1.165) is 31.5 Å². The Morgan fingerprint density at radius 1 is 1.25 bits per heavy atom. The predicted molar refractivity (Wildman–Crippen MR) is 126 cm³/mol. The highest BCUT2D eigenvalue weighted by molar-refractivity contribution is 7.92. The van der Waals surface area contributed by atoms with Gasteiger partial charge in [-0.25, -0.2) is 13.4 Å². The van der Waals surface area contributed by atoms with E-state index in [0.29, 0.717) is 41.4 Å². The van der Waals surface area contributed by atoms with Gasteiger partial charge in [0.1, 0.15) is 5.69 Å². The molecule has 0 radical (unpaired) electrons. The first-order valence-corrected chi connectivity index (χ1v) is 12.3. The molecule has 0 amide bonds. The lowest BCUT2D eigenvalue weighted by atomic mass is 9.99. The number of piperidine rings is 1. The number of aromatic nitrogens is 4. The summed E-state index contributed by atoms with van der Waals surface area (Å²) < 4.78 is 30.7. The van der Waals surface area contributed by atoms with Crippen LogP contribution in [0.15, 0.2) is 39.8 Å². The number of nitrogens with two attached hydrogens (primary N) is 1. The van der Waals surface area contributed by atoms with E-state index in [1.165, 1.54) is 0 Å². The zero-order valence-electron chi connectivity index (χ0n) is 18.5. The van der Waals surface area contributed by atoms with Crippen molar-refractivity contribution in [1.82, 2.24) is 20.2 Å². The van der Waals surface area contributed by atoms with Gasteiger partial charge in [-0.3, -0.25) is 4.98 Å². The van der Waals surface area contributed by atoms with E-state index >= 15 is 0 Å². The fourth-order valence-electron chi connectivity index (χ4n) is 3.75. The fourth-order valence-corrected chi connectivity index (χ4v) is 4.81. The molecule has 1 aliphatic rings. The second kappa shape index (κ2) is 8.95. The maximum absolute atomic E-state index is 12.4. The number of anilines is 1. The minimum Gasteiger partial charge on any atom is -0.401 e. The van der Waals surface area contributed by atoms with Gasteiger partial charge in [-0.2, -0.15) is 0 Å². The molecule has 1 aromatic carbocycles. The largest absolute Gasteiger partial charge is 0.401 e. The standard InChI is InChI=1S/C22H28N6O3S.2H2/c1-14(2)32(29,30)18-8-6-17(7-9-18)19-12-24-15(3)20(25-19)21-26-27-22(31-21)28-10-4-5-16(11-23)13-28;;/h6-9,12,14,16H,4-5,10-11,13,23H2,1-3H3;2*1H. The van der Waals surface area contributed by atoms with Crippen LogP contribution in [0.4, 0.5) is 6.01 Å². The van der Waals surface area contributed by atoms with Crippen molar-refractivity contribution in [2.24, 2.45) is 11.7 Å². The van der Waals surface area contributed by atoms with Gasteiger partial charge in [0.25, 0.3) is 5.89 Å². The van der Waals surface area contributed by atoms with Crippen LogP contribution in [0, 0.1) is 12.8 Å². The van der Waals surface area contributed by atoms with Gasteiger partial charge in [0.15, 0.2) is 9.84 Å². The van der Waals surface area contributed by atoms with Gasteiger partial charge in [0.2, 0.25) is 0 Å². The molecular weight excluding hydrogens is 428 g/mol. The zero-order valence-corrected chi connectivity index (χ0v) is 19.3. The first-order valence-electron chi connectivity index (χ1n) is 10.8. The van der Waals surface area contributed by atoms with Gasteiger partial charge in [-0.05, 0) is 58.2 Å². The smallest absolute Gasteiger partial charge is 0.318 e. The first kappa shape index (κ1) is 22.3. The summed E-state index contributed by atoms with van der Waals surface area (Å²) in [4.78, 5) is 11.5. The molecule has 3 aromatic rings. The Labute approximate surface area is 191 Å². The zero-order chi connectivity index (χ0) is 22.9. The minimum absolute atomic E-state index is 0. The van der Waals surface area contributed by atoms with E-state index in [1.54, 1.807) is 44.3 Å². The number of aryl methyl sites for hydroxylation is 1. The molecule has 1 saturated heterocycles. The van der Waals surface area contributed by atoms with Crippen LogP contribution < -0.4 is 10.6 Å². The molecular formula is C22H32N6O3S. The summed E-state index contributed by atoms with van der Waals surface area (Å²) in [6.45, 7) is 7.46. The minimum atomic E-state index is -3.33. The second-order valence-electron chi connectivity index (χ2n) is 8.39. The molecule has 1 fully saturated rings. The number of sulfone groups is 1. The molecule has 0 bridgehead atoms. The number of hydrogen-bond donors (Lipinski definition) is 1. The van der Waals surface area contributed by atoms with Crippen molar-refractivity contribution in [2.75, 3.05) is 24.5 Å². The van der Waals surface area contributed by atoms with Gasteiger partial charge < -0.3 is 15.1 Å². The summed E-state index contributed by atoms with van der Waals surface area (Å²) in [5, 5.41) is 7.94. The molecule has 174 valence electrons. The Balaban J connectivity index is 0.00000204. The Kier molecular flexibility index (Phi) is 6.25. The molecule has 1 unspecified atom stereocenters. The van der Waals surface area contributed by atoms with E-state index in [4.69, 9.17) is 10.2 Å². The molecule has 1 aliphatic heterocycles. The van der Waals surface area contributed by atoms with Crippen LogP contribution in [0.2, 0.25) is 0 Å². The molecule has 0 aliphatic carbocycles. The summed E-state index contributed by atoms with van der Waals surface area (Å²) in [6, 6.07) is 7.13. The average molecular weight is 461 g/mol. The Bertz CT molecular complexity index is 1200. The van der Waals surface area contributed by atoms with Crippen molar-refractivity contribution in [2.45, 2.75) is 43.8 Å². The van der Waals surface area contributed by atoms with Crippen LogP contribution in [0.5, 0.6) is 0 Å². The van der Waals surface area contributed by atoms with E-state index < -0.39 is 15.1 Å². The highest BCUT2D eigenvalue weighted by Gasteiger charge is 2.24. The highest BCUT2D eigenvalue weighted by atomic mass is 32.2. The Hall–Kier alpha value is -2.85. The third-order valence-electron chi connectivity index (χ3n) is 5.79. The summed E-state index contributed by atoms with van der Waals surface area (Å²) >= 11 is 0. The summed E-state index contributed by atoms with van der Waals surface area (Å²) in [7, 11) is -3.33. The van der Waals surface area contributed by atoms with E-state index in [1.807, 2.05) is 6.92 Å². The quantitative estimate of drug-likeness (QED) is 0.589. The third-order valence-corrected chi connectivity index (χ3v) is 7.96. The van der Waals surface area contributed by atoms with Crippen molar-refractivity contribution in [1.29, 1.82) is 0 Å². The molecule has 0 spiro atoms. The monoisotopic (exact) mass is 460 g/mol. The number of benzene rings is 1. The molecule has 1 atom stereocenters. The van der Waals surface area contributed by atoms with Gasteiger partial charge in [0.05, 0.1) is 27.7 Å². The molecule has 2 aromatic heterocycles. The molecule has 0 saturated carbocycles. The van der Waals surface area contributed by atoms with Gasteiger partial charge in [-0.15, -0.1) is 5.10 Å². The molecule has 2 N–H and O–H groups in total. The summed E-state index contributed by atoms with van der Waals surface area (Å²) in [5.74, 6) is 0.729. The number of hydrogen-bond acceptors (Lipinski definition) is 9. The molecule has 10 heteroatoms. The summed E-state index contributed by atoms with van der Waals surface area (Å²) in [6.07, 6.45) is 3.80. The van der Waals surface area contributed by atoms with Crippen LogP contribution in [-0.2, 0) is 9.84 Å². The molecule has 3 heterocycles. The van der Waals surface area contributed by atoms with Crippen molar-refractivity contribution in [3.05, 3.63) is 36.2 Å². The lowest BCUT2D eigenvalue weighted by Crippen LogP contribution is -2.38. The lowest BCUT2D eigenvalue weighted by molar-refractivity contribution is 0.400. The van der Waals surface area contributed by atoms with E-state index in [9.17, 15) is 8.42 Å². The van der Waals surface area contributed by atoms with Crippen LogP contribution in [0.25, 0.3) is 22.8 Å². The maximum atomic E-state index is 12.4. The fraction of sp³-hybridized carbons (Fsp3) is 0.455. The van der Waals surface area contributed by atoms with Gasteiger partial charge in [-0.1, -0.05) is 17.2 Å². The number of nitrogens with zero attached hydrogens (tertiary/aromatic N) is 5. The lowest BCUT2D eigenvalue weighted by Gasteiger charge is -2.30. The molecule has 4 rings (SSSR count). The first-order chi connectivity index (χ1) is 15.3. The molecule has 32 heavy (non-hydrogen) atoms. The van der Waals surface area contributed by atoms with E-state index in [-0.39, 0.29) is 7.75 Å². The normalized spacial score (nSPS) is 17.2. The Morgan fingerprint density at radius 3 is 2.69 bits per heavy atom. The maximum Gasteiger partial charge on any atom is 0.318 e. The van der Waals surface area contributed by atoms with Crippen molar-refractivity contribution >= 4 is 15.9 Å². The predicted octanol–water partition coefficient (Wildman–Crippen LogP) is 3.35.